The lowest BCUT2D eigenvalue weighted by molar-refractivity contribution is -0.170. The first-order valence-electron chi connectivity index (χ1n) is 5.40. The minimum Gasteiger partial charge on any atom is -0.497 e. The average molecular weight is 279 g/mol. The zero-order chi connectivity index (χ0) is 14.6. The molecular weight excluding hydrogens is 266 g/mol. The Hall–Kier alpha value is -1.79. The van der Waals surface area contributed by atoms with E-state index in [9.17, 15) is 22.4 Å². The third-order valence-corrected chi connectivity index (χ3v) is 2.52. The highest BCUT2D eigenvalue weighted by molar-refractivity contribution is 5.84. The van der Waals surface area contributed by atoms with Crippen LogP contribution in [0.4, 0.5) is 17.6 Å². The predicted molar refractivity (Wildman–Crippen MR) is 60.5 cm³/mol. The topological polar surface area (TPSA) is 38.3 Å². The minimum atomic E-state index is -4.70. The van der Waals surface area contributed by atoms with Gasteiger partial charge in [-0.05, 0) is 24.6 Å². The molecule has 0 fully saturated rings. The van der Waals surface area contributed by atoms with E-state index >= 15 is 0 Å². The van der Waals surface area contributed by atoms with Crippen molar-refractivity contribution >= 4 is 5.91 Å². The SMILES string of the molecule is COc1cccc([C@H](C)NC(=O)C(F)(F)C(F)F)c1. The van der Waals surface area contributed by atoms with Crippen LogP contribution in [-0.2, 0) is 4.79 Å². The van der Waals surface area contributed by atoms with Gasteiger partial charge in [-0.15, -0.1) is 0 Å². The third kappa shape index (κ3) is 3.59. The molecule has 1 atom stereocenters. The Morgan fingerprint density at radius 2 is 2.00 bits per heavy atom. The summed E-state index contributed by atoms with van der Waals surface area (Å²) in [6.45, 7) is 1.41. The van der Waals surface area contributed by atoms with Gasteiger partial charge in [-0.1, -0.05) is 12.1 Å². The van der Waals surface area contributed by atoms with Crippen LogP contribution in [0.5, 0.6) is 5.75 Å². The maximum atomic E-state index is 12.8. The van der Waals surface area contributed by atoms with Crippen molar-refractivity contribution in [3.63, 3.8) is 0 Å². The van der Waals surface area contributed by atoms with Gasteiger partial charge in [0.2, 0.25) is 0 Å². The minimum absolute atomic E-state index is 0.470. The molecule has 0 spiro atoms. The molecule has 3 nitrogen and oxygen atoms in total. The second-order valence-electron chi connectivity index (χ2n) is 3.90. The zero-order valence-corrected chi connectivity index (χ0v) is 10.3. The first-order chi connectivity index (χ1) is 8.78. The summed E-state index contributed by atoms with van der Waals surface area (Å²) in [5, 5.41) is 1.84. The molecule has 106 valence electrons. The molecule has 0 aromatic heterocycles. The lowest BCUT2D eigenvalue weighted by atomic mass is 10.1. The Morgan fingerprint density at radius 1 is 1.37 bits per heavy atom. The van der Waals surface area contributed by atoms with E-state index in [1.807, 2.05) is 5.32 Å². The Morgan fingerprint density at radius 3 is 2.53 bits per heavy atom. The van der Waals surface area contributed by atoms with Crippen molar-refractivity contribution in [2.24, 2.45) is 0 Å². The van der Waals surface area contributed by atoms with E-state index in [0.717, 1.165) is 0 Å². The summed E-state index contributed by atoms with van der Waals surface area (Å²) in [5.41, 5.74) is 0.470. The normalized spacial score (nSPS) is 13.2. The quantitative estimate of drug-likeness (QED) is 0.842. The van der Waals surface area contributed by atoms with Crippen LogP contribution in [-0.4, -0.2) is 25.4 Å². The molecule has 1 aromatic carbocycles. The summed E-state index contributed by atoms with van der Waals surface area (Å²) in [5.74, 6) is -6.23. The van der Waals surface area contributed by atoms with E-state index in [0.29, 0.717) is 11.3 Å². The van der Waals surface area contributed by atoms with E-state index in [2.05, 4.69) is 0 Å². The maximum absolute atomic E-state index is 12.8. The van der Waals surface area contributed by atoms with Gasteiger partial charge < -0.3 is 10.1 Å². The molecule has 0 aliphatic carbocycles. The van der Waals surface area contributed by atoms with Gasteiger partial charge in [0.15, 0.2) is 0 Å². The molecule has 0 aliphatic heterocycles. The standard InChI is InChI=1S/C12H13F4NO2/c1-7(8-4-3-5-9(6-8)19-2)17-11(18)12(15,16)10(13)14/h3-7,10H,1-2H3,(H,17,18)/t7-/m0/s1. The van der Waals surface area contributed by atoms with E-state index in [1.54, 1.807) is 18.2 Å². The van der Waals surface area contributed by atoms with Gasteiger partial charge in [-0.3, -0.25) is 4.79 Å². The number of hydrogen-bond acceptors (Lipinski definition) is 2. The number of amides is 1. The molecule has 0 aliphatic rings. The van der Waals surface area contributed by atoms with E-state index in [4.69, 9.17) is 4.74 Å². The molecule has 0 saturated carbocycles. The number of alkyl halides is 4. The first-order valence-corrected chi connectivity index (χ1v) is 5.40. The number of rotatable bonds is 5. The van der Waals surface area contributed by atoms with Crippen molar-refractivity contribution in [1.82, 2.24) is 5.32 Å². The summed E-state index contributed by atoms with van der Waals surface area (Å²) in [4.78, 5) is 11.1. The van der Waals surface area contributed by atoms with Crippen molar-refractivity contribution in [2.45, 2.75) is 25.3 Å². The molecule has 0 radical (unpaired) electrons. The number of halogens is 4. The van der Waals surface area contributed by atoms with Crippen LogP contribution < -0.4 is 10.1 Å². The highest BCUT2D eigenvalue weighted by Gasteiger charge is 2.49. The molecule has 0 saturated heterocycles. The van der Waals surface area contributed by atoms with E-state index in [-0.39, 0.29) is 0 Å². The van der Waals surface area contributed by atoms with Crippen molar-refractivity contribution in [3.8, 4) is 5.75 Å². The number of carbonyl (C=O) groups is 1. The first kappa shape index (κ1) is 15.3. The Bertz CT molecular complexity index is 451. The summed E-state index contributed by atoms with van der Waals surface area (Å²) in [6, 6.07) is 5.47. The van der Waals surface area contributed by atoms with Crippen LogP contribution >= 0.6 is 0 Å². The Kier molecular flexibility index (Phi) is 4.74. The molecule has 1 amide bonds. The van der Waals surface area contributed by atoms with Crippen molar-refractivity contribution in [1.29, 1.82) is 0 Å². The fraction of sp³-hybridized carbons (Fsp3) is 0.417. The summed E-state index contributed by atoms with van der Waals surface area (Å²) < 4.78 is 54.5. The van der Waals surface area contributed by atoms with Gasteiger partial charge >= 0.3 is 12.3 Å². The predicted octanol–water partition coefficient (Wildman–Crippen LogP) is 2.77. The molecule has 1 N–H and O–H groups in total. The number of benzene rings is 1. The van der Waals surface area contributed by atoms with Crippen molar-refractivity contribution in [3.05, 3.63) is 29.8 Å². The van der Waals surface area contributed by atoms with Crippen LogP contribution in [0.2, 0.25) is 0 Å². The smallest absolute Gasteiger partial charge is 0.383 e. The molecule has 0 unspecified atom stereocenters. The van der Waals surface area contributed by atoms with Gasteiger partial charge in [0.25, 0.3) is 5.91 Å². The van der Waals surface area contributed by atoms with Crippen LogP contribution in [0.15, 0.2) is 24.3 Å². The van der Waals surface area contributed by atoms with E-state index < -0.39 is 24.3 Å². The highest BCUT2D eigenvalue weighted by atomic mass is 19.3. The van der Waals surface area contributed by atoms with Crippen molar-refractivity contribution in [2.75, 3.05) is 7.11 Å². The van der Waals surface area contributed by atoms with E-state index in [1.165, 1.54) is 20.1 Å². The fourth-order valence-corrected chi connectivity index (χ4v) is 1.39. The third-order valence-electron chi connectivity index (χ3n) is 2.52. The van der Waals surface area contributed by atoms with Crippen LogP contribution in [0, 0.1) is 0 Å². The Balaban J connectivity index is 2.79. The fourth-order valence-electron chi connectivity index (χ4n) is 1.39. The highest BCUT2D eigenvalue weighted by Crippen LogP contribution is 2.25. The largest absolute Gasteiger partial charge is 0.497 e. The number of carbonyl (C=O) groups excluding carboxylic acids is 1. The molecule has 0 heterocycles. The molecule has 1 rings (SSSR count). The molecular formula is C12H13F4NO2. The second kappa shape index (κ2) is 5.90. The average Bonchev–Trinajstić information content (AvgIpc) is 2.38. The van der Waals surface area contributed by atoms with Gasteiger partial charge in [-0.25, -0.2) is 8.78 Å². The zero-order valence-electron chi connectivity index (χ0n) is 10.3. The Labute approximate surface area is 107 Å². The molecule has 1 aromatic rings. The lowest BCUT2D eigenvalue weighted by Crippen LogP contribution is -2.45. The maximum Gasteiger partial charge on any atom is 0.383 e. The van der Waals surface area contributed by atoms with Crippen LogP contribution in [0.1, 0.15) is 18.5 Å². The summed E-state index contributed by atoms with van der Waals surface area (Å²) in [7, 11) is 1.42. The van der Waals surface area contributed by atoms with Gasteiger partial charge in [0.05, 0.1) is 13.2 Å². The number of hydrogen-bond donors (Lipinski definition) is 1. The van der Waals surface area contributed by atoms with Crippen LogP contribution in [0.3, 0.4) is 0 Å². The monoisotopic (exact) mass is 279 g/mol. The number of ether oxygens (including phenoxy) is 1. The number of methoxy groups -OCH3 is 1. The molecule has 7 heteroatoms. The summed E-state index contributed by atoms with van der Waals surface area (Å²) in [6.07, 6.45) is -4.04. The molecule has 0 bridgehead atoms. The summed E-state index contributed by atoms with van der Waals surface area (Å²) >= 11 is 0. The molecule has 19 heavy (non-hydrogen) atoms. The van der Waals surface area contributed by atoms with Crippen molar-refractivity contribution < 1.29 is 27.1 Å². The van der Waals surface area contributed by atoms with Crippen LogP contribution in [0.25, 0.3) is 0 Å². The van der Waals surface area contributed by atoms with Gasteiger partial charge in [-0.2, -0.15) is 8.78 Å². The lowest BCUT2D eigenvalue weighted by Gasteiger charge is -2.19. The van der Waals surface area contributed by atoms with Gasteiger partial charge in [0, 0.05) is 0 Å². The second-order valence-corrected chi connectivity index (χ2v) is 3.90. The van der Waals surface area contributed by atoms with Gasteiger partial charge in [0.1, 0.15) is 5.75 Å². The number of nitrogens with one attached hydrogen (secondary N) is 1.